The summed E-state index contributed by atoms with van der Waals surface area (Å²) in [6, 6.07) is 0. The predicted octanol–water partition coefficient (Wildman–Crippen LogP) is 1.17. The molecule has 1 heterocycles. The van der Waals surface area contributed by atoms with Gasteiger partial charge in [0.25, 0.3) is 0 Å². The third-order valence-electron chi connectivity index (χ3n) is 3.77. The second kappa shape index (κ2) is 3.55. The highest BCUT2D eigenvalue weighted by Crippen LogP contribution is 2.43. The molecule has 2 aliphatic rings. The Morgan fingerprint density at radius 2 is 1.65 bits per heavy atom. The molecule has 5 nitrogen and oxygen atoms in total. The van der Waals surface area contributed by atoms with Crippen LogP contribution in [-0.4, -0.2) is 33.3 Å². The van der Waals surface area contributed by atoms with Gasteiger partial charge in [-0.3, -0.25) is 14.5 Å². The number of amides is 2. The SMILES string of the molecule is CC1(C)CC(=O)N(C2(C(=O)O)CCC2)C(=O)C1. The van der Waals surface area contributed by atoms with E-state index in [1.807, 2.05) is 13.8 Å². The quantitative estimate of drug-likeness (QED) is 0.734. The molecule has 0 radical (unpaired) electrons. The second-order valence-electron chi connectivity index (χ2n) is 5.83. The fourth-order valence-electron chi connectivity index (χ4n) is 2.70. The molecule has 0 bridgehead atoms. The van der Waals surface area contributed by atoms with E-state index in [0.29, 0.717) is 12.8 Å². The van der Waals surface area contributed by atoms with Crippen LogP contribution in [0.3, 0.4) is 0 Å². The number of rotatable bonds is 2. The minimum atomic E-state index is -1.25. The Morgan fingerprint density at radius 3 is 1.94 bits per heavy atom. The van der Waals surface area contributed by atoms with Gasteiger partial charge in [-0.05, 0) is 24.7 Å². The highest BCUT2D eigenvalue weighted by molar-refractivity contribution is 6.03. The molecule has 1 aliphatic heterocycles. The maximum atomic E-state index is 12.0. The lowest BCUT2D eigenvalue weighted by Gasteiger charge is -2.48. The number of carbonyl (C=O) groups excluding carboxylic acids is 2. The van der Waals surface area contributed by atoms with Crippen molar-refractivity contribution in [1.29, 1.82) is 0 Å². The van der Waals surface area contributed by atoms with Crippen molar-refractivity contribution in [1.82, 2.24) is 4.90 Å². The zero-order chi connectivity index (χ0) is 12.8. The first-order valence-corrected chi connectivity index (χ1v) is 5.88. The van der Waals surface area contributed by atoms with Crippen LogP contribution in [0, 0.1) is 5.41 Å². The first kappa shape index (κ1) is 12.1. The summed E-state index contributed by atoms with van der Waals surface area (Å²) < 4.78 is 0. The van der Waals surface area contributed by atoms with E-state index in [1.165, 1.54) is 0 Å². The maximum absolute atomic E-state index is 12.0. The summed E-state index contributed by atoms with van der Waals surface area (Å²) in [4.78, 5) is 36.3. The van der Waals surface area contributed by atoms with Crippen LogP contribution in [0.5, 0.6) is 0 Å². The molecule has 0 atom stereocenters. The third-order valence-corrected chi connectivity index (χ3v) is 3.77. The average Bonchev–Trinajstić information content (AvgIpc) is 2.04. The average molecular weight is 239 g/mol. The lowest BCUT2D eigenvalue weighted by atomic mass is 9.72. The highest BCUT2D eigenvalue weighted by atomic mass is 16.4. The molecular weight excluding hydrogens is 222 g/mol. The Balaban J connectivity index is 2.30. The predicted molar refractivity (Wildman–Crippen MR) is 59.1 cm³/mol. The van der Waals surface area contributed by atoms with Gasteiger partial charge in [0.15, 0.2) is 0 Å². The first-order valence-electron chi connectivity index (χ1n) is 5.88. The van der Waals surface area contributed by atoms with E-state index in [4.69, 9.17) is 0 Å². The Kier molecular flexibility index (Phi) is 2.52. The van der Waals surface area contributed by atoms with Crippen molar-refractivity contribution in [2.75, 3.05) is 0 Å². The molecule has 0 aromatic heterocycles. The molecule has 0 aromatic carbocycles. The minimum Gasteiger partial charge on any atom is -0.479 e. The van der Waals surface area contributed by atoms with E-state index in [2.05, 4.69) is 0 Å². The van der Waals surface area contributed by atoms with Gasteiger partial charge in [0.2, 0.25) is 11.8 Å². The summed E-state index contributed by atoms with van der Waals surface area (Å²) >= 11 is 0. The molecule has 1 saturated heterocycles. The van der Waals surface area contributed by atoms with E-state index >= 15 is 0 Å². The molecule has 2 amide bonds. The van der Waals surface area contributed by atoms with Crippen molar-refractivity contribution in [3.05, 3.63) is 0 Å². The van der Waals surface area contributed by atoms with E-state index in [9.17, 15) is 19.5 Å². The van der Waals surface area contributed by atoms with Crippen molar-refractivity contribution in [2.45, 2.75) is 51.5 Å². The molecule has 5 heteroatoms. The van der Waals surface area contributed by atoms with E-state index in [-0.39, 0.29) is 30.1 Å². The van der Waals surface area contributed by atoms with Crippen LogP contribution in [-0.2, 0) is 14.4 Å². The van der Waals surface area contributed by atoms with E-state index in [0.717, 1.165) is 11.3 Å². The third kappa shape index (κ3) is 1.73. The van der Waals surface area contributed by atoms with Gasteiger partial charge >= 0.3 is 5.97 Å². The maximum Gasteiger partial charge on any atom is 0.330 e. The number of carboxylic acids is 1. The van der Waals surface area contributed by atoms with Crippen molar-refractivity contribution in [3.63, 3.8) is 0 Å². The van der Waals surface area contributed by atoms with Gasteiger partial charge in [0.05, 0.1) is 0 Å². The molecule has 17 heavy (non-hydrogen) atoms. The lowest BCUT2D eigenvalue weighted by Crippen LogP contribution is -2.65. The van der Waals surface area contributed by atoms with Gasteiger partial charge in [-0.1, -0.05) is 13.8 Å². The Hall–Kier alpha value is -1.39. The molecule has 0 unspecified atom stereocenters. The number of aliphatic carboxylic acids is 1. The Bertz CT molecular complexity index is 375. The first-order chi connectivity index (χ1) is 7.78. The summed E-state index contributed by atoms with van der Waals surface area (Å²) in [5.74, 6) is -1.73. The molecule has 0 aromatic rings. The highest BCUT2D eigenvalue weighted by Gasteiger charge is 2.56. The molecule has 94 valence electrons. The molecule has 2 fully saturated rings. The molecular formula is C12H17NO4. The summed E-state index contributed by atoms with van der Waals surface area (Å²) in [5, 5.41) is 9.26. The van der Waals surface area contributed by atoms with Gasteiger partial charge < -0.3 is 5.11 Å². The molecule has 0 spiro atoms. The van der Waals surface area contributed by atoms with Gasteiger partial charge in [0.1, 0.15) is 5.54 Å². The fraction of sp³-hybridized carbons (Fsp3) is 0.750. The van der Waals surface area contributed by atoms with Gasteiger partial charge in [-0.2, -0.15) is 0 Å². The summed E-state index contributed by atoms with van der Waals surface area (Å²) in [7, 11) is 0. The Labute approximate surface area is 99.8 Å². The number of carbonyl (C=O) groups is 3. The zero-order valence-electron chi connectivity index (χ0n) is 10.2. The van der Waals surface area contributed by atoms with Gasteiger partial charge in [-0.15, -0.1) is 0 Å². The number of hydrogen-bond acceptors (Lipinski definition) is 3. The number of hydrogen-bond donors (Lipinski definition) is 1. The largest absolute Gasteiger partial charge is 0.479 e. The van der Waals surface area contributed by atoms with Crippen molar-refractivity contribution >= 4 is 17.8 Å². The monoisotopic (exact) mass is 239 g/mol. The summed E-state index contributed by atoms with van der Waals surface area (Å²) in [6.07, 6.45) is 2.02. The van der Waals surface area contributed by atoms with Crippen LogP contribution in [0.4, 0.5) is 0 Å². The lowest BCUT2D eigenvalue weighted by molar-refractivity contribution is -0.178. The van der Waals surface area contributed by atoms with Crippen LogP contribution < -0.4 is 0 Å². The van der Waals surface area contributed by atoms with Crippen LogP contribution >= 0.6 is 0 Å². The van der Waals surface area contributed by atoms with Crippen LogP contribution in [0.1, 0.15) is 46.0 Å². The van der Waals surface area contributed by atoms with E-state index < -0.39 is 11.5 Å². The Morgan fingerprint density at radius 1 is 1.18 bits per heavy atom. The van der Waals surface area contributed by atoms with Crippen LogP contribution in [0.25, 0.3) is 0 Å². The smallest absolute Gasteiger partial charge is 0.330 e. The minimum absolute atomic E-state index is 0.244. The van der Waals surface area contributed by atoms with Crippen molar-refractivity contribution < 1.29 is 19.5 Å². The number of likely N-dealkylation sites (tertiary alicyclic amines) is 1. The molecule has 2 rings (SSSR count). The summed E-state index contributed by atoms with van der Waals surface area (Å²) in [5.41, 5.74) is -1.60. The molecule has 1 saturated carbocycles. The van der Waals surface area contributed by atoms with E-state index in [1.54, 1.807) is 0 Å². The molecule has 1 aliphatic carbocycles. The normalized spacial score (nSPS) is 26.6. The van der Waals surface area contributed by atoms with Gasteiger partial charge in [-0.25, -0.2) is 4.79 Å². The van der Waals surface area contributed by atoms with Crippen molar-refractivity contribution in [2.24, 2.45) is 5.41 Å². The zero-order valence-corrected chi connectivity index (χ0v) is 10.2. The standard InChI is InChI=1S/C12H17NO4/c1-11(2)6-8(14)13(9(15)7-11)12(10(16)17)4-3-5-12/h3-7H2,1-2H3,(H,16,17). The van der Waals surface area contributed by atoms with Crippen molar-refractivity contribution in [3.8, 4) is 0 Å². The number of imide groups is 1. The van der Waals surface area contributed by atoms with Crippen LogP contribution in [0.15, 0.2) is 0 Å². The summed E-state index contributed by atoms with van der Waals surface area (Å²) in [6.45, 7) is 3.71. The fourth-order valence-corrected chi connectivity index (χ4v) is 2.70. The second-order valence-corrected chi connectivity index (χ2v) is 5.83. The number of piperidine rings is 1. The molecule has 1 N–H and O–H groups in total. The topological polar surface area (TPSA) is 74.7 Å². The number of carboxylic acid groups (broad SMARTS) is 1. The van der Waals surface area contributed by atoms with Gasteiger partial charge in [0, 0.05) is 12.8 Å². The van der Waals surface area contributed by atoms with Crippen LogP contribution in [0.2, 0.25) is 0 Å². The number of nitrogens with zero attached hydrogens (tertiary/aromatic N) is 1.